The third kappa shape index (κ3) is 3.29. The molecular formula is C10H15N6O8P. The molecule has 1 saturated heterocycles. The first-order valence-corrected chi connectivity index (χ1v) is 8.33. The van der Waals surface area contributed by atoms with Crippen LogP contribution in [0.1, 0.15) is 6.23 Å². The summed E-state index contributed by atoms with van der Waals surface area (Å²) in [5, 5.41) is 20.2. The number of phosphoric ester groups is 1. The minimum absolute atomic E-state index is 0.0252. The van der Waals surface area contributed by atoms with Crippen molar-refractivity contribution in [2.75, 3.05) is 12.3 Å². The number of phosphoric acid groups is 1. The lowest BCUT2D eigenvalue weighted by Gasteiger charge is -2.16. The van der Waals surface area contributed by atoms with Crippen LogP contribution in [0.15, 0.2) is 11.1 Å². The molecule has 0 aliphatic carbocycles. The minimum Gasteiger partial charge on any atom is -0.387 e. The SMILES string of the molecule is NOP(=O)(O)OC[C@H]1O[C@@H](n2cnc3c(=O)[nH]c(N)nc32)C(O)C1O. The standard InChI is InChI=1S/C10H15N6O8P/c11-10-14-7-4(8(19)15-10)13-2-16(7)9-6(18)5(17)3(23-9)1-22-25(20,21)24-12/h2-3,5-6,9,17-18H,1,12H2,(H,20,21)(H3,11,14,15,19)/t3-,5?,6?,9-/m1/s1. The Balaban J connectivity index is 1.87. The number of ether oxygens (including phenoxy) is 1. The van der Waals surface area contributed by atoms with Crippen LogP contribution in [0, 0.1) is 0 Å². The lowest BCUT2D eigenvalue weighted by atomic mass is 10.1. The van der Waals surface area contributed by atoms with Gasteiger partial charge in [-0.05, 0) is 0 Å². The normalized spacial score (nSPS) is 29.1. The summed E-state index contributed by atoms with van der Waals surface area (Å²) in [6.07, 6.45) is -4.15. The van der Waals surface area contributed by atoms with Crippen LogP contribution >= 0.6 is 7.82 Å². The zero-order chi connectivity index (χ0) is 18.4. The second-order valence-corrected chi connectivity index (χ2v) is 6.60. The van der Waals surface area contributed by atoms with Gasteiger partial charge in [-0.2, -0.15) is 4.98 Å². The van der Waals surface area contributed by atoms with E-state index in [1.54, 1.807) is 0 Å². The Hall–Kier alpha value is -1.90. The highest BCUT2D eigenvalue weighted by atomic mass is 31.2. The second kappa shape index (κ2) is 6.44. The second-order valence-electron chi connectivity index (χ2n) is 5.19. The summed E-state index contributed by atoms with van der Waals surface area (Å²) >= 11 is 0. The van der Waals surface area contributed by atoms with E-state index in [2.05, 4.69) is 30.0 Å². The van der Waals surface area contributed by atoms with Gasteiger partial charge < -0.3 is 25.6 Å². The minimum atomic E-state index is -4.49. The number of hydrogen-bond acceptors (Lipinski definition) is 11. The Bertz CT molecular complexity index is 884. The molecule has 3 heterocycles. The molecule has 3 rings (SSSR count). The van der Waals surface area contributed by atoms with Crippen LogP contribution < -0.4 is 17.2 Å². The summed E-state index contributed by atoms with van der Waals surface area (Å²) in [5.41, 5.74) is 4.88. The highest BCUT2D eigenvalue weighted by molar-refractivity contribution is 7.47. The molecule has 0 aromatic carbocycles. The molecule has 15 heteroatoms. The van der Waals surface area contributed by atoms with Crippen LogP contribution in [0.3, 0.4) is 0 Å². The van der Waals surface area contributed by atoms with Crippen molar-refractivity contribution in [2.24, 2.45) is 5.90 Å². The average molecular weight is 378 g/mol. The maximum Gasteiger partial charge on any atom is 0.488 e. The number of hydrogen-bond donors (Lipinski definition) is 6. The van der Waals surface area contributed by atoms with Gasteiger partial charge in [0.15, 0.2) is 17.4 Å². The van der Waals surface area contributed by atoms with Gasteiger partial charge in [-0.3, -0.25) is 18.9 Å². The van der Waals surface area contributed by atoms with E-state index in [1.807, 2.05) is 0 Å². The van der Waals surface area contributed by atoms with Crippen molar-refractivity contribution in [3.63, 3.8) is 0 Å². The van der Waals surface area contributed by atoms with Crippen LogP contribution in [0.4, 0.5) is 5.95 Å². The van der Waals surface area contributed by atoms with E-state index in [1.165, 1.54) is 10.9 Å². The highest BCUT2D eigenvalue weighted by Gasteiger charge is 2.45. The van der Waals surface area contributed by atoms with E-state index in [9.17, 15) is 19.6 Å². The molecule has 1 aliphatic rings. The number of H-pyrrole nitrogens is 1. The van der Waals surface area contributed by atoms with E-state index in [0.717, 1.165) is 0 Å². The van der Waals surface area contributed by atoms with Crippen LogP contribution in [-0.2, 0) is 18.5 Å². The lowest BCUT2D eigenvalue weighted by Crippen LogP contribution is -2.33. The number of imidazole rings is 1. The Morgan fingerprint density at radius 1 is 1.44 bits per heavy atom. The molecular weight excluding hydrogens is 363 g/mol. The summed E-state index contributed by atoms with van der Waals surface area (Å²) in [4.78, 5) is 30.9. The molecule has 0 spiro atoms. The number of rotatable bonds is 5. The molecule has 5 atom stereocenters. The molecule has 14 nitrogen and oxygen atoms in total. The van der Waals surface area contributed by atoms with Gasteiger partial charge >= 0.3 is 7.82 Å². The monoisotopic (exact) mass is 378 g/mol. The largest absolute Gasteiger partial charge is 0.488 e. The number of aliphatic hydroxyl groups excluding tert-OH is 2. The molecule has 0 saturated carbocycles. The number of aliphatic hydroxyl groups is 2. The number of nitrogen functional groups attached to an aromatic ring is 1. The molecule has 0 bridgehead atoms. The summed E-state index contributed by atoms with van der Waals surface area (Å²) in [7, 11) is -4.49. The van der Waals surface area contributed by atoms with Gasteiger partial charge in [0.25, 0.3) is 5.56 Å². The first-order valence-electron chi connectivity index (χ1n) is 6.83. The van der Waals surface area contributed by atoms with Crippen LogP contribution in [-0.4, -0.2) is 59.5 Å². The molecule has 3 unspecified atom stereocenters. The van der Waals surface area contributed by atoms with Crippen molar-refractivity contribution in [1.29, 1.82) is 0 Å². The first-order chi connectivity index (χ1) is 11.7. The zero-order valence-corrected chi connectivity index (χ0v) is 13.3. The van der Waals surface area contributed by atoms with Gasteiger partial charge in [0.05, 0.1) is 12.9 Å². The first kappa shape index (κ1) is 17.9. The zero-order valence-electron chi connectivity index (χ0n) is 12.4. The topological polar surface area (TPSA) is 221 Å². The molecule has 25 heavy (non-hydrogen) atoms. The number of nitrogens with zero attached hydrogens (tertiary/aromatic N) is 3. The summed E-state index contributed by atoms with van der Waals surface area (Å²) in [6, 6.07) is 0. The number of aromatic amines is 1. The Labute approximate surface area is 138 Å². The van der Waals surface area contributed by atoms with Gasteiger partial charge in [0.1, 0.15) is 18.3 Å². The molecule has 0 amide bonds. The maximum atomic E-state index is 11.8. The fourth-order valence-corrected chi connectivity index (χ4v) is 2.82. The summed E-state index contributed by atoms with van der Waals surface area (Å²) in [5.74, 6) is 4.42. The Morgan fingerprint density at radius 3 is 2.84 bits per heavy atom. The summed E-state index contributed by atoms with van der Waals surface area (Å²) < 4.78 is 26.1. The van der Waals surface area contributed by atoms with Crippen molar-refractivity contribution in [2.45, 2.75) is 24.5 Å². The van der Waals surface area contributed by atoms with E-state index in [0.29, 0.717) is 0 Å². The van der Waals surface area contributed by atoms with Crippen molar-refractivity contribution in [1.82, 2.24) is 19.5 Å². The average Bonchev–Trinajstić information content (AvgIpc) is 3.08. The van der Waals surface area contributed by atoms with E-state index < -0.39 is 44.5 Å². The molecule has 138 valence electrons. The fourth-order valence-electron chi connectivity index (χ4n) is 2.42. The number of nitrogens with one attached hydrogen (secondary N) is 1. The number of fused-ring (bicyclic) bond motifs is 1. The van der Waals surface area contributed by atoms with E-state index in [4.69, 9.17) is 15.4 Å². The van der Waals surface area contributed by atoms with Gasteiger partial charge in [-0.1, -0.05) is 0 Å². The summed E-state index contributed by atoms with van der Waals surface area (Å²) in [6.45, 7) is -0.595. The van der Waals surface area contributed by atoms with Crippen molar-refractivity contribution >= 4 is 24.9 Å². The van der Waals surface area contributed by atoms with Gasteiger partial charge in [-0.25, -0.2) is 20.1 Å². The maximum absolute atomic E-state index is 11.8. The number of anilines is 1. The molecule has 1 aliphatic heterocycles. The lowest BCUT2D eigenvalue weighted by molar-refractivity contribution is -0.0514. The highest BCUT2D eigenvalue weighted by Crippen LogP contribution is 2.42. The van der Waals surface area contributed by atoms with Crippen LogP contribution in [0.2, 0.25) is 0 Å². The van der Waals surface area contributed by atoms with E-state index >= 15 is 0 Å². The van der Waals surface area contributed by atoms with Crippen LogP contribution in [0.25, 0.3) is 11.2 Å². The molecule has 8 N–H and O–H groups in total. The third-order valence-corrected chi connectivity index (χ3v) is 4.34. The van der Waals surface area contributed by atoms with Crippen LogP contribution in [0.5, 0.6) is 0 Å². The van der Waals surface area contributed by atoms with Crippen molar-refractivity contribution in [3.05, 3.63) is 16.7 Å². The smallest absolute Gasteiger partial charge is 0.387 e. The Kier molecular flexibility index (Phi) is 4.61. The van der Waals surface area contributed by atoms with Gasteiger partial charge in [0, 0.05) is 0 Å². The number of aromatic nitrogens is 4. The third-order valence-electron chi connectivity index (χ3n) is 3.60. The van der Waals surface area contributed by atoms with Gasteiger partial charge in [-0.15, -0.1) is 0 Å². The van der Waals surface area contributed by atoms with Crippen molar-refractivity contribution in [3.8, 4) is 0 Å². The molecule has 1 fully saturated rings. The fraction of sp³-hybridized carbons (Fsp3) is 0.500. The molecule has 0 radical (unpaired) electrons. The van der Waals surface area contributed by atoms with Crippen molar-refractivity contribution < 1.29 is 33.6 Å². The predicted molar refractivity (Wildman–Crippen MR) is 79.5 cm³/mol. The molecule has 2 aromatic heterocycles. The number of nitrogens with two attached hydrogens (primary N) is 2. The quantitative estimate of drug-likeness (QED) is 0.231. The van der Waals surface area contributed by atoms with Gasteiger partial charge in [0.2, 0.25) is 5.95 Å². The van der Waals surface area contributed by atoms with E-state index in [-0.39, 0.29) is 17.1 Å². The Morgan fingerprint density at radius 2 is 2.16 bits per heavy atom. The predicted octanol–water partition coefficient (Wildman–Crippen LogP) is -2.67. The molecule has 2 aromatic rings.